The summed E-state index contributed by atoms with van der Waals surface area (Å²) in [7, 11) is 1.61. The largest absolute Gasteiger partial charge is 0.497 e. The zero-order chi connectivity index (χ0) is 16.4. The average Bonchev–Trinajstić information content (AvgIpc) is 2.53. The number of halogens is 1. The van der Waals surface area contributed by atoms with Gasteiger partial charge in [0.25, 0.3) is 0 Å². The highest BCUT2D eigenvalue weighted by Crippen LogP contribution is 2.32. The summed E-state index contributed by atoms with van der Waals surface area (Å²) in [6.07, 6.45) is 3.72. The number of methoxy groups -OCH3 is 1. The molecule has 1 heterocycles. The molecule has 0 spiro atoms. The van der Waals surface area contributed by atoms with E-state index in [1.807, 2.05) is 36.4 Å². The van der Waals surface area contributed by atoms with Crippen LogP contribution < -0.4 is 4.74 Å². The Morgan fingerprint density at radius 1 is 1.35 bits per heavy atom. The van der Waals surface area contributed by atoms with Crippen molar-refractivity contribution in [1.29, 1.82) is 0 Å². The molecule has 1 aromatic heterocycles. The molecule has 0 unspecified atom stereocenters. The maximum atomic E-state index is 11.2. The predicted octanol–water partition coefficient (Wildman–Crippen LogP) is 4.07. The monoisotopic (exact) mass is 373 g/mol. The first-order chi connectivity index (χ1) is 11.1. The summed E-state index contributed by atoms with van der Waals surface area (Å²) in [4.78, 5) is 16.0. The molecule has 23 heavy (non-hydrogen) atoms. The van der Waals surface area contributed by atoms with Gasteiger partial charge in [-0.3, -0.25) is 9.78 Å². The number of aryl methyl sites for hydroxylation is 1. The van der Waals surface area contributed by atoms with E-state index in [1.165, 1.54) is 0 Å². The molecule has 0 fully saturated rings. The highest BCUT2D eigenvalue weighted by Gasteiger charge is 2.17. The fourth-order valence-corrected chi connectivity index (χ4v) is 3.18. The number of carbonyl (C=O) groups is 1. The number of nitrogens with zero attached hydrogens (tertiary/aromatic N) is 1. The van der Waals surface area contributed by atoms with E-state index in [0.29, 0.717) is 5.56 Å². The molecule has 3 rings (SSSR count). The summed E-state index contributed by atoms with van der Waals surface area (Å²) in [6.45, 7) is 0. The van der Waals surface area contributed by atoms with Crippen LogP contribution in [0.15, 0.2) is 34.8 Å². The van der Waals surface area contributed by atoms with Crippen molar-refractivity contribution in [3.8, 4) is 17.0 Å². The molecule has 1 N–H and O–H groups in total. The van der Waals surface area contributed by atoms with Gasteiger partial charge in [0.15, 0.2) is 0 Å². The SMILES string of the molecule is COc1cccc(-c2nc3c(cc2CC(=O)O)C=C(Br)CC3)c1. The van der Waals surface area contributed by atoms with Gasteiger partial charge < -0.3 is 9.84 Å². The lowest BCUT2D eigenvalue weighted by Crippen LogP contribution is -2.08. The van der Waals surface area contributed by atoms with Crippen LogP contribution in [0, 0.1) is 0 Å². The summed E-state index contributed by atoms with van der Waals surface area (Å²) < 4.78 is 6.38. The van der Waals surface area contributed by atoms with Gasteiger partial charge in [-0.2, -0.15) is 0 Å². The highest BCUT2D eigenvalue weighted by atomic mass is 79.9. The molecule has 0 bridgehead atoms. The molecule has 0 amide bonds. The fraction of sp³-hybridized carbons (Fsp3) is 0.222. The number of hydrogen-bond acceptors (Lipinski definition) is 3. The van der Waals surface area contributed by atoms with Crippen molar-refractivity contribution in [2.24, 2.45) is 0 Å². The maximum absolute atomic E-state index is 11.2. The van der Waals surface area contributed by atoms with E-state index in [1.54, 1.807) is 7.11 Å². The minimum absolute atomic E-state index is 0.0573. The number of benzene rings is 1. The van der Waals surface area contributed by atoms with Crippen LogP contribution in [0.2, 0.25) is 0 Å². The van der Waals surface area contributed by atoms with Crippen LogP contribution in [0.3, 0.4) is 0 Å². The zero-order valence-corrected chi connectivity index (χ0v) is 14.3. The minimum atomic E-state index is -0.866. The van der Waals surface area contributed by atoms with Gasteiger partial charge in [-0.25, -0.2) is 0 Å². The molecule has 0 aliphatic heterocycles. The van der Waals surface area contributed by atoms with Crippen LogP contribution in [-0.4, -0.2) is 23.2 Å². The average molecular weight is 374 g/mol. The van der Waals surface area contributed by atoms with Crippen LogP contribution >= 0.6 is 15.9 Å². The number of hydrogen-bond donors (Lipinski definition) is 1. The van der Waals surface area contributed by atoms with Crippen molar-refractivity contribution >= 4 is 28.0 Å². The predicted molar refractivity (Wildman–Crippen MR) is 92.8 cm³/mol. The molecule has 4 nitrogen and oxygen atoms in total. The van der Waals surface area contributed by atoms with Crippen molar-refractivity contribution in [1.82, 2.24) is 4.98 Å². The van der Waals surface area contributed by atoms with Gasteiger partial charge in [-0.15, -0.1) is 0 Å². The van der Waals surface area contributed by atoms with Crippen LogP contribution in [-0.2, 0) is 17.6 Å². The molecule has 1 aliphatic rings. The number of carboxylic acid groups (broad SMARTS) is 1. The Morgan fingerprint density at radius 2 is 2.17 bits per heavy atom. The molecule has 0 saturated carbocycles. The number of aliphatic carboxylic acids is 1. The van der Waals surface area contributed by atoms with Crippen LogP contribution in [0.1, 0.15) is 23.2 Å². The summed E-state index contributed by atoms with van der Waals surface area (Å²) in [5.41, 5.74) is 4.29. The number of pyridine rings is 1. The number of fused-ring (bicyclic) bond motifs is 1. The van der Waals surface area contributed by atoms with Gasteiger partial charge in [0.2, 0.25) is 0 Å². The molecular formula is C18H16BrNO3. The van der Waals surface area contributed by atoms with Gasteiger partial charge in [0.05, 0.1) is 19.2 Å². The number of carboxylic acids is 1. The van der Waals surface area contributed by atoms with Crippen molar-refractivity contribution < 1.29 is 14.6 Å². The number of aromatic nitrogens is 1. The van der Waals surface area contributed by atoms with Crippen LogP contribution in [0.4, 0.5) is 0 Å². The van der Waals surface area contributed by atoms with E-state index < -0.39 is 5.97 Å². The van der Waals surface area contributed by atoms with E-state index in [2.05, 4.69) is 15.9 Å². The van der Waals surface area contributed by atoms with Crippen molar-refractivity contribution in [3.63, 3.8) is 0 Å². The summed E-state index contributed by atoms with van der Waals surface area (Å²) >= 11 is 3.52. The van der Waals surface area contributed by atoms with Crippen molar-refractivity contribution in [2.75, 3.05) is 7.11 Å². The quantitative estimate of drug-likeness (QED) is 0.877. The molecule has 5 heteroatoms. The lowest BCUT2D eigenvalue weighted by molar-refractivity contribution is -0.136. The second-order valence-electron chi connectivity index (χ2n) is 5.43. The van der Waals surface area contributed by atoms with E-state index in [4.69, 9.17) is 9.72 Å². The molecular weight excluding hydrogens is 358 g/mol. The van der Waals surface area contributed by atoms with Crippen molar-refractivity contribution in [2.45, 2.75) is 19.3 Å². The maximum Gasteiger partial charge on any atom is 0.307 e. The first-order valence-corrected chi connectivity index (χ1v) is 8.11. The smallest absolute Gasteiger partial charge is 0.307 e. The Labute approximate surface area is 143 Å². The number of ether oxygens (including phenoxy) is 1. The topological polar surface area (TPSA) is 59.4 Å². The Balaban J connectivity index is 2.15. The fourth-order valence-electron chi connectivity index (χ4n) is 2.73. The van der Waals surface area contributed by atoms with Gasteiger partial charge in [0, 0.05) is 11.3 Å². The van der Waals surface area contributed by atoms with Crippen LogP contribution in [0.25, 0.3) is 17.3 Å². The van der Waals surface area contributed by atoms with E-state index in [0.717, 1.165) is 45.6 Å². The normalized spacial score (nSPS) is 13.2. The third-order valence-electron chi connectivity index (χ3n) is 3.81. The van der Waals surface area contributed by atoms with E-state index in [9.17, 15) is 9.90 Å². The highest BCUT2D eigenvalue weighted by molar-refractivity contribution is 9.11. The number of allylic oxidation sites excluding steroid dienone is 1. The molecule has 0 radical (unpaired) electrons. The molecule has 1 aliphatic carbocycles. The Bertz CT molecular complexity index is 799. The third kappa shape index (κ3) is 3.45. The molecule has 118 valence electrons. The lowest BCUT2D eigenvalue weighted by Gasteiger charge is -2.17. The first kappa shape index (κ1) is 15.7. The lowest BCUT2D eigenvalue weighted by atomic mass is 9.96. The number of rotatable bonds is 4. The Kier molecular flexibility index (Phi) is 4.48. The van der Waals surface area contributed by atoms with E-state index in [-0.39, 0.29) is 6.42 Å². The van der Waals surface area contributed by atoms with Gasteiger partial charge in [0.1, 0.15) is 5.75 Å². The van der Waals surface area contributed by atoms with Crippen LogP contribution in [0.5, 0.6) is 5.75 Å². The molecule has 0 atom stereocenters. The Hall–Kier alpha value is -2.14. The van der Waals surface area contributed by atoms with Gasteiger partial charge >= 0.3 is 5.97 Å². The van der Waals surface area contributed by atoms with E-state index >= 15 is 0 Å². The van der Waals surface area contributed by atoms with Crippen molar-refractivity contribution in [3.05, 3.63) is 51.6 Å². The summed E-state index contributed by atoms with van der Waals surface area (Å²) in [5, 5.41) is 9.22. The molecule has 2 aromatic rings. The zero-order valence-electron chi connectivity index (χ0n) is 12.7. The summed E-state index contributed by atoms with van der Waals surface area (Å²) in [6, 6.07) is 9.49. The second kappa shape index (κ2) is 6.54. The minimum Gasteiger partial charge on any atom is -0.497 e. The molecule has 1 aromatic carbocycles. The van der Waals surface area contributed by atoms with Gasteiger partial charge in [-0.1, -0.05) is 28.1 Å². The third-order valence-corrected chi connectivity index (χ3v) is 4.44. The Morgan fingerprint density at radius 3 is 2.91 bits per heavy atom. The first-order valence-electron chi connectivity index (χ1n) is 7.32. The second-order valence-corrected chi connectivity index (χ2v) is 6.44. The van der Waals surface area contributed by atoms with Gasteiger partial charge in [-0.05, 0) is 52.7 Å². The standard InChI is InChI=1S/C18H16BrNO3/c1-23-15-4-2-3-11(9-15)18-13(10-17(21)22)7-12-8-14(19)5-6-16(12)20-18/h2-4,7-9H,5-6,10H2,1H3,(H,21,22). The molecule has 0 saturated heterocycles. The summed E-state index contributed by atoms with van der Waals surface area (Å²) in [5.74, 6) is -0.138.